The van der Waals surface area contributed by atoms with Gasteiger partial charge in [-0.2, -0.15) is 0 Å². The first-order valence-electron chi connectivity index (χ1n) is 9.88. The fourth-order valence-electron chi connectivity index (χ4n) is 4.17. The highest BCUT2D eigenvalue weighted by atomic mass is 16.2. The SMILES string of the molecule is CC(=O)N1CCCC1C(=O)NCc1ccc(CN2CCCC(C)C2)cc1. The third-order valence-corrected chi connectivity index (χ3v) is 5.60. The zero-order valence-corrected chi connectivity index (χ0v) is 16.0. The molecule has 142 valence electrons. The maximum atomic E-state index is 12.4. The molecule has 3 rings (SSSR count). The topological polar surface area (TPSA) is 52.7 Å². The highest BCUT2D eigenvalue weighted by molar-refractivity contribution is 5.87. The van der Waals surface area contributed by atoms with Gasteiger partial charge in [-0.15, -0.1) is 0 Å². The molecule has 1 aromatic rings. The molecule has 1 N–H and O–H groups in total. The molecule has 0 saturated carbocycles. The lowest BCUT2D eigenvalue weighted by Crippen LogP contribution is -2.44. The molecular formula is C21H31N3O2. The van der Waals surface area contributed by atoms with Crippen LogP contribution < -0.4 is 5.32 Å². The first-order chi connectivity index (χ1) is 12.5. The number of nitrogens with one attached hydrogen (secondary N) is 1. The van der Waals surface area contributed by atoms with E-state index in [0.29, 0.717) is 13.1 Å². The fourth-order valence-corrected chi connectivity index (χ4v) is 4.17. The number of carbonyl (C=O) groups excluding carboxylic acids is 2. The number of carbonyl (C=O) groups is 2. The standard InChI is InChI=1S/C21H31N3O2/c1-16-5-3-11-23(14-16)15-19-9-7-18(8-10-19)13-22-21(26)20-6-4-12-24(20)17(2)25/h7-10,16,20H,3-6,11-15H2,1-2H3,(H,22,26). The third kappa shape index (κ3) is 4.85. The van der Waals surface area contributed by atoms with Crippen molar-refractivity contribution in [3.05, 3.63) is 35.4 Å². The van der Waals surface area contributed by atoms with Crippen molar-refractivity contribution in [2.24, 2.45) is 5.92 Å². The number of hydrogen-bond donors (Lipinski definition) is 1. The van der Waals surface area contributed by atoms with Gasteiger partial charge in [0.25, 0.3) is 0 Å². The lowest BCUT2D eigenvalue weighted by atomic mass is 9.99. The Kier molecular flexibility index (Phi) is 6.30. The molecule has 2 heterocycles. The number of nitrogens with zero attached hydrogens (tertiary/aromatic N) is 2. The molecule has 0 spiro atoms. The van der Waals surface area contributed by atoms with Crippen LogP contribution in [0, 0.1) is 5.92 Å². The molecule has 0 aromatic heterocycles. The Morgan fingerprint density at radius 1 is 1.08 bits per heavy atom. The number of benzene rings is 1. The van der Waals surface area contributed by atoms with Crippen LogP contribution in [0.2, 0.25) is 0 Å². The van der Waals surface area contributed by atoms with Crippen molar-refractivity contribution in [3.8, 4) is 0 Å². The Morgan fingerprint density at radius 2 is 1.77 bits per heavy atom. The summed E-state index contributed by atoms with van der Waals surface area (Å²) in [7, 11) is 0. The molecule has 0 aliphatic carbocycles. The minimum Gasteiger partial charge on any atom is -0.350 e. The number of hydrogen-bond acceptors (Lipinski definition) is 3. The van der Waals surface area contributed by atoms with Crippen molar-refractivity contribution < 1.29 is 9.59 Å². The Labute approximate surface area is 156 Å². The summed E-state index contributed by atoms with van der Waals surface area (Å²) in [6, 6.07) is 8.23. The average molecular weight is 357 g/mol. The van der Waals surface area contributed by atoms with Crippen LogP contribution in [0.3, 0.4) is 0 Å². The maximum Gasteiger partial charge on any atom is 0.243 e. The van der Waals surface area contributed by atoms with E-state index < -0.39 is 0 Å². The smallest absolute Gasteiger partial charge is 0.243 e. The monoisotopic (exact) mass is 357 g/mol. The Bertz CT molecular complexity index is 629. The summed E-state index contributed by atoms with van der Waals surface area (Å²) < 4.78 is 0. The second-order valence-corrected chi connectivity index (χ2v) is 7.89. The molecule has 2 atom stereocenters. The van der Waals surface area contributed by atoms with Gasteiger partial charge in [0.1, 0.15) is 6.04 Å². The lowest BCUT2D eigenvalue weighted by molar-refractivity contribution is -0.136. The maximum absolute atomic E-state index is 12.4. The molecular weight excluding hydrogens is 326 g/mol. The molecule has 2 amide bonds. The van der Waals surface area contributed by atoms with E-state index >= 15 is 0 Å². The van der Waals surface area contributed by atoms with Gasteiger partial charge < -0.3 is 10.2 Å². The number of likely N-dealkylation sites (tertiary alicyclic amines) is 2. The molecule has 5 heteroatoms. The van der Waals surface area contributed by atoms with Gasteiger partial charge >= 0.3 is 0 Å². The van der Waals surface area contributed by atoms with E-state index in [0.717, 1.165) is 30.9 Å². The molecule has 2 aliphatic heterocycles. The second kappa shape index (κ2) is 8.67. The molecule has 0 radical (unpaired) electrons. The number of piperidine rings is 1. The molecule has 0 bridgehead atoms. The Morgan fingerprint density at radius 3 is 2.46 bits per heavy atom. The summed E-state index contributed by atoms with van der Waals surface area (Å²) in [5.41, 5.74) is 2.43. The van der Waals surface area contributed by atoms with Crippen LogP contribution in [0.1, 0.15) is 50.7 Å². The van der Waals surface area contributed by atoms with Gasteiger partial charge in [-0.3, -0.25) is 14.5 Å². The van der Waals surface area contributed by atoms with Crippen molar-refractivity contribution in [2.45, 2.75) is 58.7 Å². The van der Waals surface area contributed by atoms with Gasteiger partial charge in [0, 0.05) is 33.1 Å². The normalized spacial score (nSPS) is 23.8. The summed E-state index contributed by atoms with van der Waals surface area (Å²) in [6.07, 6.45) is 4.31. The second-order valence-electron chi connectivity index (χ2n) is 7.89. The third-order valence-electron chi connectivity index (χ3n) is 5.60. The average Bonchev–Trinajstić information content (AvgIpc) is 3.11. The summed E-state index contributed by atoms with van der Waals surface area (Å²) in [6.45, 7) is 8.46. The van der Waals surface area contributed by atoms with Crippen LogP contribution in [0.15, 0.2) is 24.3 Å². The van der Waals surface area contributed by atoms with Crippen LogP contribution in [0.4, 0.5) is 0 Å². The molecule has 5 nitrogen and oxygen atoms in total. The van der Waals surface area contributed by atoms with Crippen molar-refractivity contribution in [1.82, 2.24) is 15.1 Å². The van der Waals surface area contributed by atoms with Crippen LogP contribution in [0.5, 0.6) is 0 Å². The summed E-state index contributed by atoms with van der Waals surface area (Å²) in [5.74, 6) is 0.742. The van der Waals surface area contributed by atoms with E-state index in [1.165, 1.54) is 38.4 Å². The molecule has 26 heavy (non-hydrogen) atoms. The molecule has 2 aliphatic rings. The van der Waals surface area contributed by atoms with Crippen molar-refractivity contribution >= 4 is 11.8 Å². The zero-order valence-electron chi connectivity index (χ0n) is 16.0. The minimum absolute atomic E-state index is 0.0148. The Hall–Kier alpha value is -1.88. The largest absolute Gasteiger partial charge is 0.350 e. The van der Waals surface area contributed by atoms with Crippen LogP contribution >= 0.6 is 0 Å². The highest BCUT2D eigenvalue weighted by Crippen LogP contribution is 2.19. The van der Waals surface area contributed by atoms with Crippen molar-refractivity contribution in [2.75, 3.05) is 19.6 Å². The van der Waals surface area contributed by atoms with Gasteiger partial charge in [0.15, 0.2) is 0 Å². The summed E-state index contributed by atoms with van der Waals surface area (Å²) in [4.78, 5) is 28.2. The van der Waals surface area contributed by atoms with Crippen molar-refractivity contribution in [1.29, 1.82) is 0 Å². The minimum atomic E-state index is -0.298. The predicted octanol–water partition coefficient (Wildman–Crippen LogP) is 2.55. The zero-order chi connectivity index (χ0) is 18.5. The van der Waals surface area contributed by atoms with Crippen LogP contribution in [-0.4, -0.2) is 47.3 Å². The Balaban J connectivity index is 1.48. The van der Waals surface area contributed by atoms with E-state index in [-0.39, 0.29) is 17.9 Å². The molecule has 2 fully saturated rings. The quantitative estimate of drug-likeness (QED) is 0.881. The molecule has 2 saturated heterocycles. The van der Waals surface area contributed by atoms with E-state index in [4.69, 9.17) is 0 Å². The number of amides is 2. The summed E-state index contributed by atoms with van der Waals surface area (Å²) >= 11 is 0. The van der Waals surface area contributed by atoms with E-state index in [1.54, 1.807) is 4.90 Å². The first kappa shape index (κ1) is 18.9. The molecule has 1 aromatic carbocycles. The van der Waals surface area contributed by atoms with Crippen LogP contribution in [-0.2, 0) is 22.7 Å². The van der Waals surface area contributed by atoms with Gasteiger partial charge in [-0.05, 0) is 49.3 Å². The van der Waals surface area contributed by atoms with E-state index in [1.807, 2.05) is 0 Å². The highest BCUT2D eigenvalue weighted by Gasteiger charge is 2.31. The van der Waals surface area contributed by atoms with Crippen LogP contribution in [0.25, 0.3) is 0 Å². The van der Waals surface area contributed by atoms with Gasteiger partial charge in [-0.25, -0.2) is 0 Å². The van der Waals surface area contributed by atoms with E-state index in [2.05, 4.69) is 41.4 Å². The van der Waals surface area contributed by atoms with Crippen molar-refractivity contribution in [3.63, 3.8) is 0 Å². The number of rotatable bonds is 5. The predicted molar refractivity (Wildman–Crippen MR) is 102 cm³/mol. The first-order valence-corrected chi connectivity index (χ1v) is 9.88. The molecule has 2 unspecified atom stereocenters. The van der Waals surface area contributed by atoms with Gasteiger partial charge in [-0.1, -0.05) is 31.2 Å². The summed E-state index contributed by atoms with van der Waals surface area (Å²) in [5, 5.41) is 2.99. The van der Waals surface area contributed by atoms with E-state index in [9.17, 15) is 9.59 Å². The van der Waals surface area contributed by atoms with Gasteiger partial charge in [0.2, 0.25) is 11.8 Å². The fraction of sp³-hybridized carbons (Fsp3) is 0.619. The lowest BCUT2D eigenvalue weighted by Gasteiger charge is -2.30. The van der Waals surface area contributed by atoms with Gasteiger partial charge in [0.05, 0.1) is 0 Å².